The Labute approximate surface area is 119 Å². The van der Waals surface area contributed by atoms with Gasteiger partial charge in [-0.3, -0.25) is 4.90 Å². The number of nitrogens with one attached hydrogen (secondary N) is 2. The molecule has 1 fully saturated rings. The molecular formula is C12H21N5O2S. The normalized spacial score (nSPS) is 20.2. The minimum atomic E-state index is -3.60. The van der Waals surface area contributed by atoms with Crippen LogP contribution in [0, 0.1) is 0 Å². The van der Waals surface area contributed by atoms with Gasteiger partial charge in [0, 0.05) is 18.8 Å². The summed E-state index contributed by atoms with van der Waals surface area (Å²) in [5, 5.41) is 0. The van der Waals surface area contributed by atoms with E-state index in [1.807, 2.05) is 0 Å². The number of likely N-dealkylation sites (tertiary alicyclic amines) is 1. The van der Waals surface area contributed by atoms with Crippen LogP contribution < -0.4 is 16.0 Å². The minimum Gasteiger partial charge on any atom is -0.307 e. The molecule has 1 atom stereocenters. The molecule has 2 rings (SSSR count). The molecule has 4 N–H and O–H groups in total. The lowest BCUT2D eigenvalue weighted by molar-refractivity contribution is 0.268. The van der Waals surface area contributed by atoms with Crippen molar-refractivity contribution in [2.75, 3.05) is 25.1 Å². The lowest BCUT2D eigenvalue weighted by Crippen LogP contribution is -2.40. The zero-order chi connectivity index (χ0) is 14.6. The van der Waals surface area contributed by atoms with Gasteiger partial charge < -0.3 is 5.43 Å². The van der Waals surface area contributed by atoms with Crippen molar-refractivity contribution in [1.82, 2.24) is 14.6 Å². The summed E-state index contributed by atoms with van der Waals surface area (Å²) in [6.07, 6.45) is 3.62. The summed E-state index contributed by atoms with van der Waals surface area (Å²) in [6.45, 7) is 4.47. The van der Waals surface area contributed by atoms with Gasteiger partial charge in [0.1, 0.15) is 4.90 Å². The second kappa shape index (κ2) is 6.49. The lowest BCUT2D eigenvalue weighted by Gasteiger charge is -2.23. The van der Waals surface area contributed by atoms with E-state index in [0.29, 0.717) is 6.54 Å². The van der Waals surface area contributed by atoms with Crippen LogP contribution >= 0.6 is 0 Å². The number of sulfonamides is 1. The number of hydrazine groups is 1. The number of nitrogens with two attached hydrogens (primary N) is 1. The highest BCUT2D eigenvalue weighted by molar-refractivity contribution is 7.89. The summed E-state index contributed by atoms with van der Waals surface area (Å²) >= 11 is 0. The molecule has 0 aromatic carbocycles. The summed E-state index contributed by atoms with van der Waals surface area (Å²) in [4.78, 5) is 6.27. The van der Waals surface area contributed by atoms with E-state index in [0.717, 1.165) is 25.9 Å². The molecule has 20 heavy (non-hydrogen) atoms. The van der Waals surface area contributed by atoms with Gasteiger partial charge in [0.2, 0.25) is 10.0 Å². The molecule has 1 aliphatic rings. The Hall–Kier alpha value is -1.22. The van der Waals surface area contributed by atoms with Crippen molar-refractivity contribution in [3.05, 3.63) is 18.3 Å². The van der Waals surface area contributed by atoms with E-state index in [4.69, 9.17) is 5.84 Å². The third kappa shape index (κ3) is 3.26. The van der Waals surface area contributed by atoms with Crippen molar-refractivity contribution in [2.45, 2.75) is 30.7 Å². The number of rotatable bonds is 6. The molecule has 112 valence electrons. The maximum Gasteiger partial charge on any atom is 0.244 e. The second-order valence-electron chi connectivity index (χ2n) is 4.77. The average molecular weight is 299 g/mol. The Balaban J connectivity index is 2.08. The SMILES string of the molecule is CCN1CCCC1CNS(=O)(=O)c1cccnc1NN. The smallest absolute Gasteiger partial charge is 0.244 e. The Morgan fingerprint density at radius 3 is 3.05 bits per heavy atom. The summed E-state index contributed by atoms with van der Waals surface area (Å²) < 4.78 is 27.2. The molecule has 8 heteroatoms. The summed E-state index contributed by atoms with van der Waals surface area (Å²) in [6, 6.07) is 3.32. The summed E-state index contributed by atoms with van der Waals surface area (Å²) in [7, 11) is -3.60. The van der Waals surface area contributed by atoms with Crippen molar-refractivity contribution in [2.24, 2.45) is 5.84 Å². The molecule has 1 aromatic heterocycles. The Morgan fingerprint density at radius 1 is 1.55 bits per heavy atom. The van der Waals surface area contributed by atoms with Crippen LogP contribution in [0.25, 0.3) is 0 Å². The Bertz CT molecular complexity index is 549. The third-order valence-electron chi connectivity index (χ3n) is 3.61. The fourth-order valence-electron chi connectivity index (χ4n) is 2.54. The predicted octanol–water partition coefficient (Wildman–Crippen LogP) is 0.130. The number of hydrogen-bond acceptors (Lipinski definition) is 6. The third-order valence-corrected chi connectivity index (χ3v) is 5.07. The zero-order valence-corrected chi connectivity index (χ0v) is 12.4. The number of nitrogens with zero attached hydrogens (tertiary/aromatic N) is 2. The quantitative estimate of drug-likeness (QED) is 0.510. The van der Waals surface area contributed by atoms with Crippen molar-refractivity contribution in [3.63, 3.8) is 0 Å². The van der Waals surface area contributed by atoms with Crippen LogP contribution in [0.15, 0.2) is 23.2 Å². The monoisotopic (exact) mass is 299 g/mol. The van der Waals surface area contributed by atoms with Gasteiger partial charge in [-0.2, -0.15) is 0 Å². The number of likely N-dealkylation sites (N-methyl/N-ethyl adjacent to an activating group) is 1. The highest BCUT2D eigenvalue weighted by Crippen LogP contribution is 2.19. The molecule has 0 radical (unpaired) electrons. The van der Waals surface area contributed by atoms with Crippen LogP contribution in [0.2, 0.25) is 0 Å². The molecule has 1 aliphatic heterocycles. The van der Waals surface area contributed by atoms with Gasteiger partial charge in [0.05, 0.1) is 0 Å². The average Bonchev–Trinajstić information content (AvgIpc) is 2.92. The van der Waals surface area contributed by atoms with Crippen molar-refractivity contribution in [1.29, 1.82) is 0 Å². The number of aromatic nitrogens is 1. The van der Waals surface area contributed by atoms with Gasteiger partial charge in [0.25, 0.3) is 0 Å². The van der Waals surface area contributed by atoms with Crippen LogP contribution in [0.3, 0.4) is 0 Å². The highest BCUT2D eigenvalue weighted by atomic mass is 32.2. The van der Waals surface area contributed by atoms with E-state index in [1.54, 1.807) is 6.07 Å². The van der Waals surface area contributed by atoms with Gasteiger partial charge in [-0.1, -0.05) is 6.92 Å². The first kappa shape index (κ1) is 15.2. The number of anilines is 1. The largest absolute Gasteiger partial charge is 0.307 e. The molecule has 0 amide bonds. The lowest BCUT2D eigenvalue weighted by atomic mass is 10.2. The maximum atomic E-state index is 12.3. The van der Waals surface area contributed by atoms with E-state index in [1.165, 1.54) is 12.3 Å². The van der Waals surface area contributed by atoms with Gasteiger partial charge >= 0.3 is 0 Å². The number of hydrogen-bond donors (Lipinski definition) is 3. The highest BCUT2D eigenvalue weighted by Gasteiger charge is 2.26. The first-order chi connectivity index (χ1) is 9.58. The zero-order valence-electron chi connectivity index (χ0n) is 11.5. The molecule has 0 aliphatic carbocycles. The minimum absolute atomic E-state index is 0.0727. The van der Waals surface area contributed by atoms with Crippen molar-refractivity contribution >= 4 is 15.8 Å². The van der Waals surface area contributed by atoms with Crippen LogP contribution in [0.4, 0.5) is 5.82 Å². The topological polar surface area (TPSA) is 100 Å². The molecule has 1 saturated heterocycles. The van der Waals surface area contributed by atoms with Crippen LogP contribution in [-0.2, 0) is 10.0 Å². The van der Waals surface area contributed by atoms with E-state index in [-0.39, 0.29) is 16.8 Å². The van der Waals surface area contributed by atoms with Crippen LogP contribution in [0.1, 0.15) is 19.8 Å². The standard InChI is InChI=1S/C12H21N5O2S/c1-2-17-8-4-5-10(17)9-15-20(18,19)11-6-3-7-14-12(11)16-13/h3,6-7,10,15H,2,4-5,8-9,13H2,1H3,(H,14,16). The van der Waals surface area contributed by atoms with E-state index in [2.05, 4.69) is 27.0 Å². The molecule has 1 aromatic rings. The van der Waals surface area contributed by atoms with E-state index < -0.39 is 10.0 Å². The molecule has 7 nitrogen and oxygen atoms in total. The summed E-state index contributed by atoms with van der Waals surface area (Å²) in [5.74, 6) is 5.45. The molecule has 1 unspecified atom stereocenters. The molecule has 0 saturated carbocycles. The first-order valence-corrected chi connectivity index (χ1v) is 8.22. The number of nitrogen functional groups attached to an aromatic ring is 1. The molecule has 2 heterocycles. The second-order valence-corrected chi connectivity index (χ2v) is 6.51. The maximum absolute atomic E-state index is 12.3. The Kier molecular flexibility index (Phi) is 4.92. The molecule has 0 bridgehead atoms. The fourth-order valence-corrected chi connectivity index (χ4v) is 3.73. The van der Waals surface area contributed by atoms with Gasteiger partial charge in [-0.25, -0.2) is 24.0 Å². The molecular weight excluding hydrogens is 278 g/mol. The Morgan fingerprint density at radius 2 is 2.35 bits per heavy atom. The van der Waals surface area contributed by atoms with Gasteiger partial charge in [-0.15, -0.1) is 0 Å². The van der Waals surface area contributed by atoms with Crippen LogP contribution in [0.5, 0.6) is 0 Å². The molecule has 0 spiro atoms. The predicted molar refractivity (Wildman–Crippen MR) is 77.5 cm³/mol. The number of pyridine rings is 1. The fraction of sp³-hybridized carbons (Fsp3) is 0.583. The van der Waals surface area contributed by atoms with Crippen molar-refractivity contribution in [3.8, 4) is 0 Å². The first-order valence-electron chi connectivity index (χ1n) is 6.74. The summed E-state index contributed by atoms with van der Waals surface area (Å²) in [5.41, 5.74) is 2.31. The van der Waals surface area contributed by atoms with Crippen molar-refractivity contribution < 1.29 is 8.42 Å². The van der Waals surface area contributed by atoms with Crippen LogP contribution in [-0.4, -0.2) is 44.0 Å². The van der Waals surface area contributed by atoms with E-state index in [9.17, 15) is 8.42 Å². The van der Waals surface area contributed by atoms with Gasteiger partial charge in [0.15, 0.2) is 5.82 Å². The van der Waals surface area contributed by atoms with Gasteiger partial charge in [-0.05, 0) is 38.1 Å². The van der Waals surface area contributed by atoms with E-state index >= 15 is 0 Å².